The van der Waals surface area contributed by atoms with Crippen molar-refractivity contribution in [3.63, 3.8) is 0 Å². The summed E-state index contributed by atoms with van der Waals surface area (Å²) in [7, 11) is 1.67. The zero-order valence-electron chi connectivity index (χ0n) is 11.7. The molecule has 0 bridgehead atoms. The Balaban J connectivity index is 2.11. The molecule has 3 atom stereocenters. The van der Waals surface area contributed by atoms with E-state index in [1.54, 1.807) is 25.3 Å². The lowest BCUT2D eigenvalue weighted by Crippen LogP contribution is -2.32. The minimum atomic E-state index is -0.838. The zero-order chi connectivity index (χ0) is 14.5. The molecule has 0 heterocycles. The van der Waals surface area contributed by atoms with E-state index in [1.807, 2.05) is 0 Å². The summed E-state index contributed by atoms with van der Waals surface area (Å²) in [6, 6.07) is 6.42. The largest absolute Gasteiger partial charge is 0.481 e. The van der Waals surface area contributed by atoms with Gasteiger partial charge in [0.25, 0.3) is 0 Å². The van der Waals surface area contributed by atoms with E-state index in [0.29, 0.717) is 5.56 Å². The minimum Gasteiger partial charge on any atom is -0.481 e. The van der Waals surface area contributed by atoms with Crippen molar-refractivity contribution in [2.24, 2.45) is 11.8 Å². The monoisotopic (exact) mass is 280 g/mol. The van der Waals surface area contributed by atoms with Gasteiger partial charge in [0.2, 0.25) is 0 Å². The lowest BCUT2D eigenvalue weighted by atomic mass is 9.76. The van der Waals surface area contributed by atoms with E-state index >= 15 is 0 Å². The second-order valence-corrected chi connectivity index (χ2v) is 5.52. The number of carboxylic acid groups (broad SMARTS) is 1. The van der Waals surface area contributed by atoms with Crippen LogP contribution in [0, 0.1) is 17.7 Å². The lowest BCUT2D eigenvalue weighted by molar-refractivity contribution is -0.144. The second-order valence-electron chi connectivity index (χ2n) is 5.52. The number of methoxy groups -OCH3 is 1. The fraction of sp³-hybridized carbons (Fsp3) is 0.562. The first-order chi connectivity index (χ1) is 9.61. The third kappa shape index (κ3) is 3.57. The topological polar surface area (TPSA) is 46.5 Å². The Hall–Kier alpha value is -1.42. The maximum Gasteiger partial charge on any atom is 0.307 e. The van der Waals surface area contributed by atoms with Gasteiger partial charge in [0.1, 0.15) is 5.82 Å². The highest BCUT2D eigenvalue weighted by atomic mass is 19.1. The highest BCUT2D eigenvalue weighted by molar-refractivity contribution is 5.70. The molecule has 1 aliphatic rings. The molecule has 3 nitrogen and oxygen atoms in total. The number of halogens is 1. The molecule has 0 spiro atoms. The Morgan fingerprint density at radius 1 is 1.45 bits per heavy atom. The highest BCUT2D eigenvalue weighted by Gasteiger charge is 2.33. The van der Waals surface area contributed by atoms with Gasteiger partial charge in [-0.25, -0.2) is 4.39 Å². The van der Waals surface area contributed by atoms with Crippen LogP contribution >= 0.6 is 0 Å². The molecule has 1 fully saturated rings. The Kier molecular flexibility index (Phi) is 5.12. The van der Waals surface area contributed by atoms with Crippen LogP contribution in [0.25, 0.3) is 0 Å². The van der Waals surface area contributed by atoms with Crippen molar-refractivity contribution in [3.8, 4) is 0 Å². The van der Waals surface area contributed by atoms with Gasteiger partial charge in [-0.05, 0) is 43.2 Å². The zero-order valence-corrected chi connectivity index (χ0v) is 11.7. The Morgan fingerprint density at radius 2 is 2.20 bits per heavy atom. The molecule has 1 N–H and O–H groups in total. The molecule has 20 heavy (non-hydrogen) atoms. The number of carbonyl (C=O) groups is 1. The lowest BCUT2D eigenvalue weighted by Gasteiger charge is -2.32. The number of hydrogen-bond donors (Lipinski definition) is 1. The van der Waals surface area contributed by atoms with Gasteiger partial charge >= 0.3 is 5.97 Å². The van der Waals surface area contributed by atoms with Gasteiger partial charge < -0.3 is 9.84 Å². The minimum absolute atomic E-state index is 0.0609. The molecule has 0 radical (unpaired) electrons. The molecule has 2 rings (SSSR count). The molecule has 0 aromatic heterocycles. The third-order valence-electron chi connectivity index (χ3n) is 4.28. The molecule has 3 unspecified atom stereocenters. The predicted molar refractivity (Wildman–Crippen MR) is 74.0 cm³/mol. The SMILES string of the molecule is COC1CCCC(C(Cc2ccccc2F)C(=O)O)C1. The molecular formula is C16H21FO3. The van der Waals surface area contributed by atoms with E-state index in [-0.39, 0.29) is 24.3 Å². The summed E-state index contributed by atoms with van der Waals surface area (Å²) in [6.45, 7) is 0. The molecule has 0 amide bonds. The predicted octanol–water partition coefficient (Wildman–Crippen LogP) is 3.27. The molecular weight excluding hydrogens is 259 g/mol. The Labute approximate surface area is 118 Å². The smallest absolute Gasteiger partial charge is 0.307 e. The quantitative estimate of drug-likeness (QED) is 0.900. The van der Waals surface area contributed by atoms with Crippen LogP contribution in [0.4, 0.5) is 4.39 Å². The van der Waals surface area contributed by atoms with Gasteiger partial charge in [-0.1, -0.05) is 24.6 Å². The second kappa shape index (κ2) is 6.84. The van der Waals surface area contributed by atoms with Gasteiger partial charge in [-0.2, -0.15) is 0 Å². The third-order valence-corrected chi connectivity index (χ3v) is 4.28. The summed E-state index contributed by atoms with van der Waals surface area (Å²) in [5.41, 5.74) is 0.486. The van der Waals surface area contributed by atoms with Crippen molar-refractivity contribution in [1.29, 1.82) is 0 Å². The number of rotatable bonds is 5. The summed E-state index contributed by atoms with van der Waals surface area (Å²) in [4.78, 5) is 11.5. The average molecular weight is 280 g/mol. The molecule has 0 saturated heterocycles. The van der Waals surface area contributed by atoms with Gasteiger partial charge in [-0.3, -0.25) is 4.79 Å². The maximum atomic E-state index is 13.7. The van der Waals surface area contributed by atoms with Crippen LogP contribution < -0.4 is 0 Å². The summed E-state index contributed by atoms with van der Waals surface area (Å²) < 4.78 is 19.1. The number of aliphatic carboxylic acids is 1. The normalized spacial score (nSPS) is 24.3. The van der Waals surface area contributed by atoms with Crippen molar-refractivity contribution in [1.82, 2.24) is 0 Å². The molecule has 1 saturated carbocycles. The van der Waals surface area contributed by atoms with E-state index in [9.17, 15) is 14.3 Å². The highest BCUT2D eigenvalue weighted by Crippen LogP contribution is 2.33. The fourth-order valence-corrected chi connectivity index (χ4v) is 3.12. The van der Waals surface area contributed by atoms with E-state index < -0.39 is 11.9 Å². The molecule has 1 aromatic rings. The van der Waals surface area contributed by atoms with Crippen LogP contribution in [0.1, 0.15) is 31.2 Å². The van der Waals surface area contributed by atoms with Crippen LogP contribution in [0.3, 0.4) is 0 Å². The number of carboxylic acids is 1. The van der Waals surface area contributed by atoms with Crippen LogP contribution in [0.5, 0.6) is 0 Å². The van der Waals surface area contributed by atoms with Crippen LogP contribution in [0.2, 0.25) is 0 Å². The molecule has 4 heteroatoms. The standard InChI is InChI=1S/C16H21FO3/c1-20-13-7-4-6-11(9-13)14(16(18)19)10-12-5-2-3-8-15(12)17/h2-3,5,8,11,13-14H,4,6-7,9-10H2,1H3,(H,18,19). The van der Waals surface area contributed by atoms with Crippen molar-refractivity contribution in [3.05, 3.63) is 35.6 Å². The van der Waals surface area contributed by atoms with Gasteiger partial charge in [0.15, 0.2) is 0 Å². The van der Waals surface area contributed by atoms with Crippen molar-refractivity contribution < 1.29 is 19.0 Å². The fourth-order valence-electron chi connectivity index (χ4n) is 3.12. The van der Waals surface area contributed by atoms with Crippen molar-refractivity contribution in [2.45, 2.75) is 38.2 Å². The molecule has 1 aromatic carbocycles. The van der Waals surface area contributed by atoms with Crippen molar-refractivity contribution in [2.75, 3.05) is 7.11 Å². The Morgan fingerprint density at radius 3 is 2.85 bits per heavy atom. The van der Waals surface area contributed by atoms with Crippen LogP contribution in [0.15, 0.2) is 24.3 Å². The van der Waals surface area contributed by atoms with Crippen LogP contribution in [-0.4, -0.2) is 24.3 Å². The summed E-state index contributed by atoms with van der Waals surface area (Å²) in [6.07, 6.45) is 3.98. The van der Waals surface area contributed by atoms with E-state index in [2.05, 4.69) is 0 Å². The van der Waals surface area contributed by atoms with Gasteiger partial charge in [0, 0.05) is 7.11 Å². The number of hydrogen-bond acceptors (Lipinski definition) is 2. The van der Waals surface area contributed by atoms with E-state index in [0.717, 1.165) is 25.7 Å². The number of benzene rings is 1. The first-order valence-corrected chi connectivity index (χ1v) is 7.10. The van der Waals surface area contributed by atoms with Crippen molar-refractivity contribution >= 4 is 5.97 Å². The molecule has 0 aliphatic heterocycles. The molecule has 1 aliphatic carbocycles. The molecule has 110 valence electrons. The summed E-state index contributed by atoms with van der Waals surface area (Å²) in [5.74, 6) is -1.64. The summed E-state index contributed by atoms with van der Waals surface area (Å²) in [5, 5.41) is 9.47. The average Bonchev–Trinajstić information content (AvgIpc) is 2.46. The summed E-state index contributed by atoms with van der Waals surface area (Å²) >= 11 is 0. The maximum absolute atomic E-state index is 13.7. The van der Waals surface area contributed by atoms with Gasteiger partial charge in [0.05, 0.1) is 12.0 Å². The first-order valence-electron chi connectivity index (χ1n) is 7.10. The van der Waals surface area contributed by atoms with Crippen LogP contribution in [-0.2, 0) is 16.0 Å². The van der Waals surface area contributed by atoms with E-state index in [4.69, 9.17) is 4.74 Å². The van der Waals surface area contributed by atoms with E-state index in [1.165, 1.54) is 6.07 Å². The van der Waals surface area contributed by atoms with Gasteiger partial charge in [-0.15, -0.1) is 0 Å². The Bertz CT molecular complexity index is 461. The first kappa shape index (κ1) is 15.0. The number of ether oxygens (including phenoxy) is 1.